The van der Waals surface area contributed by atoms with E-state index < -0.39 is 8.69 Å². The number of unbranched alkanes of at least 4 members (excludes halogenated alkanes) is 1. The van der Waals surface area contributed by atoms with E-state index in [2.05, 4.69) is 13.8 Å². The van der Waals surface area contributed by atoms with Crippen molar-refractivity contribution in [2.24, 2.45) is 0 Å². The van der Waals surface area contributed by atoms with E-state index in [9.17, 15) is 0 Å². The van der Waals surface area contributed by atoms with Crippen molar-refractivity contribution in [2.45, 2.75) is 43.7 Å². The van der Waals surface area contributed by atoms with Crippen molar-refractivity contribution in [2.75, 3.05) is 0 Å². The minimum atomic E-state index is -0.833. The number of rotatable bonds is 5. The molecular weight excluding hydrogens is 174 g/mol. The lowest BCUT2D eigenvalue weighted by molar-refractivity contribution is 0.524. The van der Waals surface area contributed by atoms with Gasteiger partial charge in [0.05, 0.1) is 0 Å². The van der Waals surface area contributed by atoms with E-state index >= 15 is 0 Å². The molecular formula is C7H17AlO2P. The monoisotopic (exact) mass is 191 g/mol. The van der Waals surface area contributed by atoms with Gasteiger partial charge in [0.15, 0.2) is 15.2 Å². The Labute approximate surface area is 77.4 Å². The summed E-state index contributed by atoms with van der Waals surface area (Å²) in [5, 5.41) is 3.05. The Hall–Kier alpha value is 0.592. The first-order valence-corrected chi connectivity index (χ1v) is 6.51. The van der Waals surface area contributed by atoms with Gasteiger partial charge < -0.3 is 4.89 Å². The summed E-state index contributed by atoms with van der Waals surface area (Å²) in [6.07, 6.45) is 4.26. The van der Waals surface area contributed by atoms with Crippen molar-refractivity contribution in [3.8, 4) is 0 Å². The molecule has 1 radical (unpaired) electrons. The maximum atomic E-state index is 8.46. The molecule has 1 N–H and O–H groups in total. The summed E-state index contributed by atoms with van der Waals surface area (Å²) >= 11 is 0.820. The first kappa shape index (κ1) is 14.1. The van der Waals surface area contributed by atoms with Crippen LogP contribution in [-0.4, -0.2) is 20.1 Å². The van der Waals surface area contributed by atoms with Crippen LogP contribution in [0.4, 0.5) is 0 Å². The maximum absolute atomic E-state index is 8.46. The summed E-state index contributed by atoms with van der Waals surface area (Å²) in [4.78, 5) is 6.99. The molecule has 0 fully saturated rings. The Morgan fingerprint density at radius 2 is 1.82 bits per heavy atom. The zero-order valence-electron chi connectivity index (χ0n) is 7.42. The zero-order chi connectivity index (χ0) is 8.95. The summed E-state index contributed by atoms with van der Waals surface area (Å²) in [7, 11) is -0.833. The van der Waals surface area contributed by atoms with Gasteiger partial charge in [-0.1, -0.05) is 33.1 Å². The third kappa shape index (κ3) is 25.0. The topological polar surface area (TPSA) is 37.3 Å². The summed E-state index contributed by atoms with van der Waals surface area (Å²) in [6.45, 7) is 4.55. The second-order valence-corrected chi connectivity index (χ2v) is 4.20. The second-order valence-electron chi connectivity index (χ2n) is 2.30. The molecule has 11 heavy (non-hydrogen) atoms. The molecule has 0 unspecified atom stereocenters. The minimum absolute atomic E-state index is 0.820. The smallest absolute Gasteiger partial charge is 0.310 e. The number of hydrogen-bond acceptors (Lipinski definition) is 1. The van der Waals surface area contributed by atoms with E-state index in [-0.39, 0.29) is 0 Å². The van der Waals surface area contributed by atoms with Crippen LogP contribution >= 0.6 is 8.69 Å². The predicted octanol–water partition coefficient (Wildman–Crippen LogP) is 2.92. The molecule has 2 nitrogen and oxygen atoms in total. The quantitative estimate of drug-likeness (QED) is 0.412. The summed E-state index contributed by atoms with van der Waals surface area (Å²) in [5.74, 6) is 0. The average molecular weight is 191 g/mol. The van der Waals surface area contributed by atoms with Gasteiger partial charge in [-0.2, -0.15) is 0 Å². The van der Waals surface area contributed by atoms with Crippen molar-refractivity contribution in [3.63, 3.8) is 0 Å². The van der Waals surface area contributed by atoms with E-state index in [1.54, 1.807) is 0 Å². The molecule has 0 amide bonds. The Balaban J connectivity index is 0. The molecule has 0 aromatic heterocycles. The molecule has 0 saturated heterocycles. The molecule has 0 aliphatic carbocycles. The molecule has 0 aromatic carbocycles. The highest BCUT2D eigenvalue weighted by Gasteiger charge is 1.87. The van der Waals surface area contributed by atoms with Gasteiger partial charge in [-0.05, 0) is 0 Å². The summed E-state index contributed by atoms with van der Waals surface area (Å²) < 4.78 is 8.46. The van der Waals surface area contributed by atoms with Gasteiger partial charge in [0.2, 0.25) is 0 Å². The lowest BCUT2D eigenvalue weighted by atomic mass is 10.4. The van der Waals surface area contributed by atoms with Crippen molar-refractivity contribution >= 4 is 23.9 Å². The van der Waals surface area contributed by atoms with E-state index in [4.69, 9.17) is 9.46 Å². The van der Waals surface area contributed by atoms with Crippen LogP contribution in [0, 0.1) is 0 Å². The third-order valence-corrected chi connectivity index (χ3v) is 3.06. The Bertz CT molecular complexity index is 65.5. The van der Waals surface area contributed by atoms with Crippen molar-refractivity contribution in [1.82, 2.24) is 0 Å². The van der Waals surface area contributed by atoms with Gasteiger partial charge in [0.25, 0.3) is 0 Å². The van der Waals surface area contributed by atoms with Gasteiger partial charge >= 0.3 is 8.69 Å². The highest BCUT2D eigenvalue weighted by Crippen LogP contribution is 1.97. The highest BCUT2D eigenvalue weighted by molar-refractivity contribution is 7.16. The van der Waals surface area contributed by atoms with Gasteiger partial charge in [0.1, 0.15) is 0 Å². The van der Waals surface area contributed by atoms with E-state index in [0.717, 1.165) is 15.2 Å². The van der Waals surface area contributed by atoms with Gasteiger partial charge in [-0.15, -0.1) is 10.6 Å². The fourth-order valence-electron chi connectivity index (χ4n) is 0.697. The van der Waals surface area contributed by atoms with Crippen LogP contribution in [0.25, 0.3) is 0 Å². The van der Waals surface area contributed by atoms with E-state index in [1.165, 1.54) is 29.8 Å². The molecule has 0 heterocycles. The fourth-order valence-corrected chi connectivity index (χ4v) is 2.09. The Kier molecular flexibility index (Phi) is 21.7. The fraction of sp³-hybridized carbons (Fsp3) is 1.00. The predicted molar refractivity (Wildman–Crippen MR) is 50.4 cm³/mol. The van der Waals surface area contributed by atoms with Gasteiger partial charge in [0, 0.05) is 0 Å². The Morgan fingerprint density at radius 1 is 1.27 bits per heavy atom. The van der Waals surface area contributed by atoms with Crippen molar-refractivity contribution in [1.29, 1.82) is 0 Å². The van der Waals surface area contributed by atoms with Crippen LogP contribution in [-0.2, 0) is 4.57 Å². The van der Waals surface area contributed by atoms with Crippen LogP contribution in [0.15, 0.2) is 0 Å². The first-order valence-electron chi connectivity index (χ1n) is 4.11. The molecule has 0 saturated carbocycles. The molecule has 0 aromatic rings. The minimum Gasteiger partial charge on any atom is -0.310 e. The van der Waals surface area contributed by atoms with E-state index in [1.807, 2.05) is 0 Å². The summed E-state index contributed by atoms with van der Waals surface area (Å²) in [6, 6.07) is 0. The van der Waals surface area contributed by atoms with Crippen molar-refractivity contribution in [3.05, 3.63) is 0 Å². The average Bonchev–Trinajstić information content (AvgIpc) is 2.00. The molecule has 0 bridgehead atoms. The van der Waals surface area contributed by atoms with Crippen molar-refractivity contribution < 1.29 is 9.46 Å². The van der Waals surface area contributed by atoms with Crippen LogP contribution in [0.3, 0.4) is 0 Å². The molecule has 0 rings (SSSR count). The van der Waals surface area contributed by atoms with Crippen LogP contribution in [0.5, 0.6) is 0 Å². The van der Waals surface area contributed by atoms with Crippen LogP contribution < -0.4 is 0 Å². The SMILES string of the molecule is CCC[CH2][Al][CH2]CC.O=PO. The lowest BCUT2D eigenvalue weighted by Gasteiger charge is -1.91. The molecule has 65 valence electrons. The number of hydrogen-bond donors (Lipinski definition) is 1. The van der Waals surface area contributed by atoms with Gasteiger partial charge in [-0.25, -0.2) is 4.57 Å². The maximum Gasteiger partial charge on any atom is 0.324 e. The first-order chi connectivity index (χ1) is 5.33. The molecule has 0 atom stereocenters. The molecule has 4 heteroatoms. The molecule has 0 aliphatic heterocycles. The van der Waals surface area contributed by atoms with Crippen LogP contribution in [0.2, 0.25) is 10.6 Å². The standard InChI is InChI=1S/C4H9.C3H7.Al.HO2P/c1-3-4-2;1-3-2;;1-3-2/h1,3-4H2,2H3;1,3H2,2H3;;(H,1,2). The summed E-state index contributed by atoms with van der Waals surface area (Å²) in [5.41, 5.74) is 0. The normalized spacial score (nSPS) is 8.64. The molecule has 0 aliphatic rings. The Morgan fingerprint density at radius 3 is 2.18 bits per heavy atom. The zero-order valence-corrected chi connectivity index (χ0v) is 9.46. The third-order valence-electron chi connectivity index (χ3n) is 1.25. The molecule has 0 spiro atoms. The largest absolute Gasteiger partial charge is 0.324 e. The van der Waals surface area contributed by atoms with Gasteiger partial charge in [-0.3, -0.25) is 0 Å². The highest BCUT2D eigenvalue weighted by atomic mass is 31.1. The second kappa shape index (κ2) is 16.9. The van der Waals surface area contributed by atoms with E-state index in [0.29, 0.717) is 0 Å². The lowest BCUT2D eigenvalue weighted by Crippen LogP contribution is -1.85. The van der Waals surface area contributed by atoms with Crippen LogP contribution in [0.1, 0.15) is 33.1 Å².